The number of para-hydroxylation sites is 1. The number of nitrogens with zero attached hydrogens (tertiary/aromatic N) is 4. The van der Waals surface area contributed by atoms with Crippen LogP contribution in [0.15, 0.2) is 36.9 Å². The van der Waals surface area contributed by atoms with Gasteiger partial charge in [-0.1, -0.05) is 12.1 Å². The van der Waals surface area contributed by atoms with Gasteiger partial charge in [-0.25, -0.2) is 20.1 Å². The lowest BCUT2D eigenvalue weighted by atomic mass is 10.1. The van der Waals surface area contributed by atoms with Crippen molar-refractivity contribution in [2.75, 3.05) is 13.7 Å². The quantitative estimate of drug-likeness (QED) is 0.287. The number of amides is 1. The molecule has 1 saturated heterocycles. The Balaban J connectivity index is 1.52. The van der Waals surface area contributed by atoms with E-state index in [2.05, 4.69) is 24.5 Å². The van der Waals surface area contributed by atoms with Crippen LogP contribution >= 0.6 is 0 Å². The topological polar surface area (TPSA) is 201 Å². The van der Waals surface area contributed by atoms with E-state index in [9.17, 15) is 23.4 Å². The Bertz CT molecular complexity index is 1300. The predicted octanol–water partition coefficient (Wildman–Crippen LogP) is -1.40. The number of aliphatic hydroxyl groups excluding tert-OH is 2. The summed E-state index contributed by atoms with van der Waals surface area (Å²) >= 11 is 0. The Morgan fingerprint density at radius 3 is 2.74 bits per heavy atom. The third-order valence-electron chi connectivity index (χ3n) is 5.21. The van der Waals surface area contributed by atoms with Crippen LogP contribution in [0.2, 0.25) is 0 Å². The van der Waals surface area contributed by atoms with Gasteiger partial charge in [-0.15, -0.1) is 0 Å². The van der Waals surface area contributed by atoms with E-state index in [-0.39, 0.29) is 18.1 Å². The first-order valence-electron chi connectivity index (χ1n) is 9.96. The molecule has 14 nitrogen and oxygen atoms in total. The molecule has 2 aromatic heterocycles. The zero-order valence-electron chi connectivity index (χ0n) is 17.8. The molecular formula is C19H22N6O8S. The molecule has 0 spiro atoms. The normalized spacial score (nSPS) is 22.7. The fourth-order valence-corrected chi connectivity index (χ4v) is 3.89. The molecule has 0 radical (unpaired) electrons. The van der Waals surface area contributed by atoms with Gasteiger partial charge in [-0.05, 0) is 12.1 Å². The van der Waals surface area contributed by atoms with E-state index in [0.29, 0.717) is 22.5 Å². The average molecular weight is 494 g/mol. The van der Waals surface area contributed by atoms with Gasteiger partial charge in [0.1, 0.15) is 35.9 Å². The highest BCUT2D eigenvalue weighted by Gasteiger charge is 2.45. The number of aromatic nitrogens is 4. The molecule has 1 amide bonds. The highest BCUT2D eigenvalue weighted by molar-refractivity contribution is 7.84. The third kappa shape index (κ3) is 4.84. The van der Waals surface area contributed by atoms with Crippen LogP contribution in [0.25, 0.3) is 11.2 Å². The molecule has 15 heteroatoms. The van der Waals surface area contributed by atoms with E-state index in [0.717, 1.165) is 0 Å². The predicted molar refractivity (Wildman–Crippen MR) is 114 cm³/mol. The highest BCUT2D eigenvalue weighted by atomic mass is 32.2. The molecule has 1 aliphatic heterocycles. The SMILES string of the molecule is COc1ccccc1C(=O)NCc1ncnc2c1ncn2[C@@H]1O[C@H](COS(N)(=O)=O)[C@@H](O)[C@H]1O. The number of nitrogens with two attached hydrogens (primary N) is 1. The number of hydrogen-bond acceptors (Lipinski definition) is 11. The number of rotatable bonds is 8. The molecular weight excluding hydrogens is 472 g/mol. The largest absolute Gasteiger partial charge is 0.496 e. The van der Waals surface area contributed by atoms with Gasteiger partial charge < -0.3 is 25.0 Å². The summed E-state index contributed by atoms with van der Waals surface area (Å²) in [6.07, 6.45) is -2.61. The summed E-state index contributed by atoms with van der Waals surface area (Å²) in [7, 11) is -2.79. The number of carbonyl (C=O) groups is 1. The minimum absolute atomic E-state index is 0.0223. The van der Waals surface area contributed by atoms with Crippen LogP contribution in [0.4, 0.5) is 0 Å². The van der Waals surface area contributed by atoms with Gasteiger partial charge in [-0.3, -0.25) is 13.5 Å². The lowest BCUT2D eigenvalue weighted by molar-refractivity contribution is -0.0467. The number of ether oxygens (including phenoxy) is 2. The van der Waals surface area contributed by atoms with E-state index < -0.39 is 41.5 Å². The Hall–Kier alpha value is -3.21. The van der Waals surface area contributed by atoms with Crippen LogP contribution in [0.5, 0.6) is 5.75 Å². The monoisotopic (exact) mass is 494 g/mol. The molecule has 182 valence electrons. The number of fused-ring (bicyclic) bond motifs is 1. The average Bonchev–Trinajstić information content (AvgIpc) is 3.37. The second-order valence-electron chi connectivity index (χ2n) is 7.35. The second kappa shape index (κ2) is 9.57. The molecule has 4 atom stereocenters. The number of hydrogen-bond donors (Lipinski definition) is 4. The maximum atomic E-state index is 12.6. The molecule has 0 bridgehead atoms. The van der Waals surface area contributed by atoms with Gasteiger partial charge in [0.25, 0.3) is 5.91 Å². The summed E-state index contributed by atoms with van der Waals surface area (Å²) in [6.45, 7) is -0.566. The maximum absolute atomic E-state index is 12.6. The fraction of sp³-hybridized carbons (Fsp3) is 0.368. The van der Waals surface area contributed by atoms with Gasteiger partial charge in [-0.2, -0.15) is 8.42 Å². The zero-order chi connectivity index (χ0) is 24.5. The molecule has 1 fully saturated rings. The van der Waals surface area contributed by atoms with Crippen molar-refractivity contribution >= 4 is 27.4 Å². The molecule has 1 aromatic carbocycles. The number of aliphatic hydroxyl groups is 2. The van der Waals surface area contributed by atoms with E-state index in [1.807, 2.05) is 0 Å². The van der Waals surface area contributed by atoms with Crippen molar-refractivity contribution in [1.29, 1.82) is 0 Å². The highest BCUT2D eigenvalue weighted by Crippen LogP contribution is 2.32. The van der Waals surface area contributed by atoms with Crippen molar-refractivity contribution in [1.82, 2.24) is 24.8 Å². The van der Waals surface area contributed by atoms with Crippen molar-refractivity contribution < 1.29 is 37.1 Å². The summed E-state index contributed by atoms with van der Waals surface area (Å²) in [6, 6.07) is 6.75. The first-order valence-corrected chi connectivity index (χ1v) is 11.4. The van der Waals surface area contributed by atoms with Crippen LogP contribution in [0.1, 0.15) is 22.3 Å². The van der Waals surface area contributed by atoms with Crippen LogP contribution in [0, 0.1) is 0 Å². The van der Waals surface area contributed by atoms with Gasteiger partial charge >= 0.3 is 10.3 Å². The van der Waals surface area contributed by atoms with Crippen molar-refractivity contribution in [3.63, 3.8) is 0 Å². The molecule has 0 saturated carbocycles. The number of benzene rings is 1. The van der Waals surface area contributed by atoms with E-state index in [4.69, 9.17) is 14.6 Å². The standard InChI is InChI=1S/C19H22N6O8S/c1-31-12-5-3-2-4-10(12)18(28)21-6-11-14-17(23-8-22-11)25(9-24-14)19-16(27)15(26)13(33-19)7-32-34(20,29)30/h2-5,8-9,13,15-16,19,26-27H,6-7H2,1H3,(H,21,28)(H2,20,29,30)/t13-,15-,16-,19-/m1/s1. The minimum atomic E-state index is -4.26. The number of carbonyl (C=O) groups excluding carboxylic acids is 1. The van der Waals surface area contributed by atoms with Crippen LogP contribution in [-0.4, -0.2) is 76.1 Å². The van der Waals surface area contributed by atoms with Crippen molar-refractivity contribution in [3.8, 4) is 5.75 Å². The summed E-state index contributed by atoms with van der Waals surface area (Å²) < 4.78 is 38.7. The van der Waals surface area contributed by atoms with Gasteiger partial charge in [0.2, 0.25) is 0 Å². The van der Waals surface area contributed by atoms with Gasteiger partial charge in [0.05, 0.1) is 37.8 Å². The molecule has 4 rings (SSSR count). The number of nitrogens with one attached hydrogen (secondary N) is 1. The molecule has 1 aliphatic rings. The first-order chi connectivity index (χ1) is 16.2. The Morgan fingerprint density at radius 1 is 1.24 bits per heavy atom. The van der Waals surface area contributed by atoms with Crippen LogP contribution < -0.4 is 15.2 Å². The molecule has 3 heterocycles. The zero-order valence-corrected chi connectivity index (χ0v) is 18.6. The third-order valence-corrected chi connectivity index (χ3v) is 5.68. The molecule has 0 aliphatic carbocycles. The number of imidazole rings is 1. The van der Waals surface area contributed by atoms with Crippen molar-refractivity contribution in [2.45, 2.75) is 31.1 Å². The van der Waals surface area contributed by atoms with E-state index >= 15 is 0 Å². The first kappa shape index (κ1) is 23.9. The summed E-state index contributed by atoms with van der Waals surface area (Å²) in [5, 5.41) is 28.2. The Kier molecular flexibility index (Phi) is 6.74. The van der Waals surface area contributed by atoms with E-state index in [1.165, 1.54) is 24.3 Å². The van der Waals surface area contributed by atoms with Crippen LogP contribution in [-0.2, 0) is 25.8 Å². The van der Waals surface area contributed by atoms with Gasteiger partial charge in [0.15, 0.2) is 11.9 Å². The van der Waals surface area contributed by atoms with E-state index in [1.54, 1.807) is 24.3 Å². The molecule has 34 heavy (non-hydrogen) atoms. The van der Waals surface area contributed by atoms with Gasteiger partial charge in [0, 0.05) is 0 Å². The Labute approximate surface area is 193 Å². The summed E-state index contributed by atoms with van der Waals surface area (Å²) in [4.78, 5) is 25.2. The summed E-state index contributed by atoms with van der Waals surface area (Å²) in [5.41, 5.74) is 1.34. The van der Waals surface area contributed by atoms with Crippen molar-refractivity contribution in [2.24, 2.45) is 5.14 Å². The lowest BCUT2D eigenvalue weighted by Gasteiger charge is -2.16. The summed E-state index contributed by atoms with van der Waals surface area (Å²) in [5.74, 6) is 0.0445. The smallest absolute Gasteiger partial charge is 0.333 e. The fourth-order valence-electron chi connectivity index (χ4n) is 3.57. The number of methoxy groups -OCH3 is 1. The molecule has 3 aromatic rings. The molecule has 0 unspecified atom stereocenters. The lowest BCUT2D eigenvalue weighted by Crippen LogP contribution is -2.35. The Morgan fingerprint density at radius 2 is 2.00 bits per heavy atom. The van der Waals surface area contributed by atoms with Crippen molar-refractivity contribution in [3.05, 3.63) is 48.2 Å². The second-order valence-corrected chi connectivity index (χ2v) is 8.57. The molecule has 5 N–H and O–H groups in total. The maximum Gasteiger partial charge on any atom is 0.333 e. The minimum Gasteiger partial charge on any atom is -0.496 e. The van der Waals surface area contributed by atoms with Crippen LogP contribution in [0.3, 0.4) is 0 Å².